The molecule has 0 radical (unpaired) electrons. The van der Waals surface area contributed by atoms with Crippen molar-refractivity contribution < 1.29 is 18.7 Å². The van der Waals surface area contributed by atoms with Gasteiger partial charge in [0.15, 0.2) is 5.82 Å². The monoisotopic (exact) mass is 485 g/mol. The molecular formula is C24H32FN7O3. The molecule has 0 spiro atoms. The third-order valence-corrected chi connectivity index (χ3v) is 4.41. The van der Waals surface area contributed by atoms with Gasteiger partial charge < -0.3 is 10.1 Å². The molecule has 2 aromatic rings. The summed E-state index contributed by atoms with van der Waals surface area (Å²) in [4.78, 5) is 34.7. The number of anilines is 2. The molecule has 0 saturated heterocycles. The Morgan fingerprint density at radius 2 is 1.89 bits per heavy atom. The minimum Gasteiger partial charge on any atom is -0.444 e. The molecule has 188 valence electrons. The average Bonchev–Trinajstić information content (AvgIpc) is 2.78. The summed E-state index contributed by atoms with van der Waals surface area (Å²) in [6, 6.07) is 8.54. The van der Waals surface area contributed by atoms with Crippen molar-refractivity contribution in [2.75, 3.05) is 29.5 Å². The van der Waals surface area contributed by atoms with Gasteiger partial charge >= 0.3 is 12.1 Å². The van der Waals surface area contributed by atoms with Crippen molar-refractivity contribution >= 4 is 23.6 Å². The number of nitriles is 1. The molecule has 0 aliphatic carbocycles. The zero-order valence-corrected chi connectivity index (χ0v) is 20.7. The summed E-state index contributed by atoms with van der Waals surface area (Å²) in [5.74, 6) is 0.0821. The number of halogens is 1. The van der Waals surface area contributed by atoms with Crippen LogP contribution in [0.2, 0.25) is 0 Å². The van der Waals surface area contributed by atoms with E-state index in [1.807, 2.05) is 19.9 Å². The number of hydrogen-bond donors (Lipinski definition) is 2. The van der Waals surface area contributed by atoms with E-state index in [0.29, 0.717) is 24.5 Å². The zero-order chi connectivity index (χ0) is 26.0. The van der Waals surface area contributed by atoms with Crippen LogP contribution in [0.25, 0.3) is 0 Å². The summed E-state index contributed by atoms with van der Waals surface area (Å²) >= 11 is 0. The van der Waals surface area contributed by atoms with Crippen molar-refractivity contribution in [2.24, 2.45) is 5.92 Å². The Labute approximate surface area is 205 Å². The fourth-order valence-electron chi connectivity index (χ4n) is 3.00. The Morgan fingerprint density at radius 3 is 2.49 bits per heavy atom. The van der Waals surface area contributed by atoms with E-state index in [0.717, 1.165) is 0 Å². The summed E-state index contributed by atoms with van der Waals surface area (Å²) in [6.45, 7) is 10.2. The summed E-state index contributed by atoms with van der Waals surface area (Å²) < 4.78 is 18.7. The topological polar surface area (TPSA) is 123 Å². The highest BCUT2D eigenvalue weighted by molar-refractivity contribution is 5.92. The van der Waals surface area contributed by atoms with Crippen LogP contribution >= 0.6 is 0 Å². The lowest BCUT2D eigenvalue weighted by molar-refractivity contribution is 0.0527. The lowest BCUT2D eigenvalue weighted by atomic mass is 10.2. The number of nitrogens with one attached hydrogen (secondary N) is 2. The lowest BCUT2D eigenvalue weighted by Crippen LogP contribution is -2.51. The number of benzene rings is 1. The summed E-state index contributed by atoms with van der Waals surface area (Å²) in [6.07, 6.45) is 1.32. The van der Waals surface area contributed by atoms with E-state index in [2.05, 4.69) is 20.7 Å². The Morgan fingerprint density at radius 1 is 1.20 bits per heavy atom. The molecule has 0 fully saturated rings. The predicted octanol–water partition coefficient (Wildman–Crippen LogP) is 4.00. The number of rotatable bonds is 9. The van der Waals surface area contributed by atoms with Crippen LogP contribution in [0.3, 0.4) is 0 Å². The number of ether oxygens (including phenoxy) is 1. The number of amides is 3. The highest BCUT2D eigenvalue weighted by Gasteiger charge is 2.21. The third kappa shape index (κ3) is 9.44. The van der Waals surface area contributed by atoms with Crippen LogP contribution in [0.5, 0.6) is 0 Å². The number of urea groups is 1. The molecule has 2 N–H and O–H groups in total. The Bertz CT molecular complexity index is 1030. The molecule has 0 aliphatic rings. The SMILES string of the molecule is CC(C)CN(NC(=O)N(CCCNC(=O)OC(C)(C)C)c1ccc(F)cc1)c1ccnc(C#N)n1. The van der Waals surface area contributed by atoms with Crippen molar-refractivity contribution in [1.29, 1.82) is 5.26 Å². The number of carbonyl (C=O) groups excluding carboxylic acids is 2. The molecule has 11 heteroatoms. The molecular weight excluding hydrogens is 453 g/mol. The maximum absolute atomic E-state index is 13.5. The minimum atomic E-state index is -0.615. The zero-order valence-electron chi connectivity index (χ0n) is 20.7. The van der Waals surface area contributed by atoms with Gasteiger partial charge in [0.05, 0.1) is 0 Å². The van der Waals surface area contributed by atoms with Gasteiger partial charge in [-0.3, -0.25) is 9.91 Å². The van der Waals surface area contributed by atoms with Gasteiger partial charge in [0.1, 0.15) is 17.5 Å². The summed E-state index contributed by atoms with van der Waals surface area (Å²) in [5, 5.41) is 13.3. The number of carbonyl (C=O) groups is 2. The highest BCUT2D eigenvalue weighted by atomic mass is 19.1. The molecule has 0 atom stereocenters. The van der Waals surface area contributed by atoms with E-state index in [1.54, 1.807) is 31.8 Å². The van der Waals surface area contributed by atoms with Gasteiger partial charge in [0, 0.05) is 37.6 Å². The molecule has 1 aromatic carbocycles. The average molecular weight is 486 g/mol. The second kappa shape index (κ2) is 12.5. The summed E-state index contributed by atoms with van der Waals surface area (Å²) in [5.41, 5.74) is 2.69. The van der Waals surface area contributed by atoms with Gasteiger partial charge in [-0.05, 0) is 57.4 Å². The normalized spacial score (nSPS) is 10.9. The van der Waals surface area contributed by atoms with E-state index >= 15 is 0 Å². The Hall–Kier alpha value is -3.94. The number of aromatic nitrogens is 2. The molecule has 0 bridgehead atoms. The van der Waals surface area contributed by atoms with Crippen LogP contribution in [0, 0.1) is 23.1 Å². The van der Waals surface area contributed by atoms with Gasteiger partial charge in [-0.25, -0.2) is 24.4 Å². The van der Waals surface area contributed by atoms with Crippen LogP contribution in [-0.4, -0.2) is 47.3 Å². The quantitative estimate of drug-likeness (QED) is 0.406. The second-order valence-electron chi connectivity index (χ2n) is 9.18. The molecule has 3 amide bonds. The molecule has 0 aliphatic heterocycles. The second-order valence-corrected chi connectivity index (χ2v) is 9.18. The molecule has 1 aromatic heterocycles. The molecule has 1 heterocycles. The van der Waals surface area contributed by atoms with Gasteiger partial charge in [0.25, 0.3) is 0 Å². The third-order valence-electron chi connectivity index (χ3n) is 4.41. The van der Waals surface area contributed by atoms with Crippen LogP contribution < -0.4 is 20.7 Å². The summed E-state index contributed by atoms with van der Waals surface area (Å²) in [7, 11) is 0. The fraction of sp³-hybridized carbons (Fsp3) is 0.458. The maximum Gasteiger partial charge on any atom is 0.407 e. The van der Waals surface area contributed by atoms with Crippen LogP contribution in [-0.2, 0) is 4.74 Å². The van der Waals surface area contributed by atoms with Crippen molar-refractivity contribution in [2.45, 2.75) is 46.6 Å². The largest absolute Gasteiger partial charge is 0.444 e. The first-order valence-electron chi connectivity index (χ1n) is 11.3. The van der Waals surface area contributed by atoms with Crippen LogP contribution in [0.15, 0.2) is 36.5 Å². The lowest BCUT2D eigenvalue weighted by Gasteiger charge is -2.30. The molecule has 10 nitrogen and oxygen atoms in total. The minimum absolute atomic E-state index is 0.0193. The highest BCUT2D eigenvalue weighted by Crippen LogP contribution is 2.17. The molecule has 35 heavy (non-hydrogen) atoms. The number of alkyl carbamates (subject to hydrolysis) is 1. The number of hydrogen-bond acceptors (Lipinski definition) is 7. The number of nitrogens with zero attached hydrogens (tertiary/aromatic N) is 5. The first-order valence-corrected chi connectivity index (χ1v) is 11.3. The van der Waals surface area contributed by atoms with E-state index < -0.39 is 23.5 Å². The standard InChI is InChI=1S/C24H32FN7O3/c1-17(2)16-32(21-11-13-27-20(15-26)29-21)30-22(33)31(19-9-7-18(25)8-10-19)14-6-12-28-23(34)35-24(3,4)5/h7-11,13,17H,6,12,14,16H2,1-5H3,(H,28,34)(H,30,33). The van der Waals surface area contributed by atoms with Crippen LogP contribution in [0.1, 0.15) is 46.9 Å². The van der Waals surface area contributed by atoms with Crippen molar-refractivity contribution in [3.63, 3.8) is 0 Å². The van der Waals surface area contributed by atoms with E-state index in [1.165, 1.54) is 35.4 Å². The van der Waals surface area contributed by atoms with Crippen LogP contribution in [0.4, 0.5) is 25.5 Å². The van der Waals surface area contributed by atoms with E-state index in [9.17, 15) is 14.0 Å². The van der Waals surface area contributed by atoms with E-state index in [-0.39, 0.29) is 24.8 Å². The Kier molecular flexibility index (Phi) is 9.75. The fourth-order valence-corrected chi connectivity index (χ4v) is 3.00. The predicted molar refractivity (Wildman–Crippen MR) is 130 cm³/mol. The molecule has 0 saturated carbocycles. The molecule has 2 rings (SSSR count). The van der Waals surface area contributed by atoms with Gasteiger partial charge in [-0.1, -0.05) is 13.8 Å². The maximum atomic E-state index is 13.5. The van der Waals surface area contributed by atoms with E-state index in [4.69, 9.17) is 10.00 Å². The van der Waals surface area contributed by atoms with Crippen molar-refractivity contribution in [3.05, 3.63) is 48.2 Å². The van der Waals surface area contributed by atoms with Gasteiger partial charge in [-0.2, -0.15) is 10.2 Å². The first kappa shape index (κ1) is 27.3. The number of hydrazine groups is 1. The van der Waals surface area contributed by atoms with Gasteiger partial charge in [-0.15, -0.1) is 0 Å². The van der Waals surface area contributed by atoms with Crippen molar-refractivity contribution in [1.82, 2.24) is 20.7 Å². The molecule has 0 unspecified atom stereocenters. The van der Waals surface area contributed by atoms with Crippen molar-refractivity contribution in [3.8, 4) is 6.07 Å². The first-order chi connectivity index (χ1) is 16.5. The smallest absolute Gasteiger partial charge is 0.407 e. The van der Waals surface area contributed by atoms with Gasteiger partial charge in [0.2, 0.25) is 5.82 Å². The Balaban J connectivity index is 2.16.